The molecule has 0 aliphatic carbocycles. The number of hydrogen-bond donors (Lipinski definition) is 3. The van der Waals surface area contributed by atoms with Gasteiger partial charge in [0.15, 0.2) is 5.96 Å². The van der Waals surface area contributed by atoms with Crippen molar-refractivity contribution in [2.24, 2.45) is 4.99 Å². The third-order valence-corrected chi connectivity index (χ3v) is 3.74. The molecule has 3 N–H and O–H groups in total. The number of para-hydroxylation sites is 1. The zero-order chi connectivity index (χ0) is 14.8. The van der Waals surface area contributed by atoms with Gasteiger partial charge in [0, 0.05) is 32.4 Å². The van der Waals surface area contributed by atoms with Crippen molar-refractivity contribution >= 4 is 23.0 Å². The van der Waals surface area contributed by atoms with Crippen LogP contribution >= 0.6 is 11.3 Å². The maximum atomic E-state index is 4.22. The van der Waals surface area contributed by atoms with E-state index in [9.17, 15) is 0 Å². The van der Waals surface area contributed by atoms with E-state index in [1.807, 2.05) is 18.2 Å². The Bertz CT molecular complexity index is 522. The van der Waals surface area contributed by atoms with Crippen LogP contribution in [0, 0.1) is 0 Å². The lowest BCUT2D eigenvalue weighted by Crippen LogP contribution is -2.37. The zero-order valence-electron chi connectivity index (χ0n) is 12.3. The van der Waals surface area contributed by atoms with Gasteiger partial charge >= 0.3 is 0 Å². The van der Waals surface area contributed by atoms with Crippen LogP contribution in [0.15, 0.2) is 52.2 Å². The highest BCUT2D eigenvalue weighted by molar-refractivity contribution is 7.07. The molecule has 1 aromatic carbocycles. The first-order valence-corrected chi connectivity index (χ1v) is 8.07. The summed E-state index contributed by atoms with van der Waals surface area (Å²) in [7, 11) is 1.80. The zero-order valence-corrected chi connectivity index (χ0v) is 13.1. The number of guanidine groups is 1. The van der Waals surface area contributed by atoms with Gasteiger partial charge in [0.05, 0.1) is 0 Å². The Hall–Kier alpha value is -2.01. The predicted octanol–water partition coefficient (Wildman–Crippen LogP) is 2.92. The second-order valence-electron chi connectivity index (χ2n) is 4.63. The Labute approximate surface area is 130 Å². The van der Waals surface area contributed by atoms with E-state index in [4.69, 9.17) is 0 Å². The molecule has 0 atom stereocenters. The van der Waals surface area contributed by atoms with Gasteiger partial charge in [-0.15, -0.1) is 0 Å². The number of nitrogens with zero attached hydrogens (tertiary/aromatic N) is 1. The SMILES string of the molecule is CN=C(NCCCNc1ccccc1)NCc1ccsc1. The molecule has 0 unspecified atom stereocenters. The summed E-state index contributed by atoms with van der Waals surface area (Å²) in [4.78, 5) is 4.22. The molecule has 2 rings (SSSR count). The van der Waals surface area contributed by atoms with E-state index >= 15 is 0 Å². The average Bonchev–Trinajstić information content (AvgIpc) is 3.04. The first-order valence-electron chi connectivity index (χ1n) is 7.13. The van der Waals surface area contributed by atoms with Gasteiger partial charge in [0.1, 0.15) is 0 Å². The molecule has 0 aliphatic heterocycles. The Balaban J connectivity index is 1.58. The number of anilines is 1. The lowest BCUT2D eigenvalue weighted by atomic mass is 10.3. The fourth-order valence-electron chi connectivity index (χ4n) is 1.88. The maximum Gasteiger partial charge on any atom is 0.191 e. The van der Waals surface area contributed by atoms with Crippen molar-refractivity contribution in [1.82, 2.24) is 10.6 Å². The highest BCUT2D eigenvalue weighted by atomic mass is 32.1. The standard InChI is InChI=1S/C16H22N4S/c1-17-16(20-12-14-8-11-21-13-14)19-10-5-9-18-15-6-3-2-4-7-15/h2-4,6-8,11,13,18H,5,9-10,12H2,1H3,(H2,17,19,20). The summed E-state index contributed by atoms with van der Waals surface area (Å²) < 4.78 is 0. The third-order valence-electron chi connectivity index (χ3n) is 3.01. The smallest absolute Gasteiger partial charge is 0.191 e. The van der Waals surface area contributed by atoms with E-state index in [1.54, 1.807) is 18.4 Å². The van der Waals surface area contributed by atoms with Crippen LogP contribution in [0.5, 0.6) is 0 Å². The van der Waals surface area contributed by atoms with Gasteiger partial charge in [0.2, 0.25) is 0 Å². The Kier molecular flexibility index (Phi) is 6.61. The van der Waals surface area contributed by atoms with Crippen molar-refractivity contribution in [2.75, 3.05) is 25.5 Å². The molecule has 0 radical (unpaired) electrons. The molecule has 1 aromatic heterocycles. The van der Waals surface area contributed by atoms with E-state index in [2.05, 4.69) is 49.9 Å². The minimum absolute atomic E-state index is 0.811. The second kappa shape index (κ2) is 9.02. The van der Waals surface area contributed by atoms with Crippen LogP contribution < -0.4 is 16.0 Å². The number of hydrogen-bond acceptors (Lipinski definition) is 3. The molecular formula is C16H22N4S. The second-order valence-corrected chi connectivity index (χ2v) is 5.41. The molecule has 21 heavy (non-hydrogen) atoms. The van der Waals surface area contributed by atoms with Gasteiger partial charge in [-0.3, -0.25) is 4.99 Å². The lowest BCUT2D eigenvalue weighted by Gasteiger charge is -2.12. The van der Waals surface area contributed by atoms with E-state index in [0.717, 1.165) is 37.7 Å². The molecule has 0 amide bonds. The molecule has 1 heterocycles. The monoisotopic (exact) mass is 302 g/mol. The summed E-state index contributed by atoms with van der Waals surface area (Å²) in [5.74, 6) is 0.848. The van der Waals surface area contributed by atoms with Crippen LogP contribution in [-0.4, -0.2) is 26.1 Å². The first kappa shape index (κ1) is 15.4. The number of benzene rings is 1. The van der Waals surface area contributed by atoms with Crippen molar-refractivity contribution in [3.8, 4) is 0 Å². The first-order chi connectivity index (χ1) is 10.4. The summed E-state index contributed by atoms with van der Waals surface area (Å²) in [5.41, 5.74) is 2.45. The van der Waals surface area contributed by atoms with Gasteiger partial charge in [-0.05, 0) is 40.9 Å². The fourth-order valence-corrected chi connectivity index (χ4v) is 2.55. The van der Waals surface area contributed by atoms with Crippen LogP contribution in [0.3, 0.4) is 0 Å². The number of nitrogens with one attached hydrogen (secondary N) is 3. The fraction of sp³-hybridized carbons (Fsp3) is 0.312. The van der Waals surface area contributed by atoms with E-state index in [-0.39, 0.29) is 0 Å². The van der Waals surface area contributed by atoms with Crippen molar-refractivity contribution in [3.05, 3.63) is 52.7 Å². The van der Waals surface area contributed by atoms with Gasteiger partial charge < -0.3 is 16.0 Å². The van der Waals surface area contributed by atoms with Crippen molar-refractivity contribution in [1.29, 1.82) is 0 Å². The van der Waals surface area contributed by atoms with Gasteiger partial charge in [-0.1, -0.05) is 18.2 Å². The Morgan fingerprint density at radius 2 is 1.95 bits per heavy atom. The number of thiophene rings is 1. The molecule has 0 saturated carbocycles. The number of aliphatic imine (C=N–C) groups is 1. The van der Waals surface area contributed by atoms with Crippen molar-refractivity contribution < 1.29 is 0 Å². The minimum Gasteiger partial charge on any atom is -0.385 e. The maximum absolute atomic E-state index is 4.22. The molecule has 2 aromatic rings. The van der Waals surface area contributed by atoms with Crippen molar-refractivity contribution in [2.45, 2.75) is 13.0 Å². The largest absolute Gasteiger partial charge is 0.385 e. The Morgan fingerprint density at radius 1 is 1.10 bits per heavy atom. The Morgan fingerprint density at radius 3 is 2.67 bits per heavy atom. The average molecular weight is 302 g/mol. The van der Waals surface area contributed by atoms with Crippen LogP contribution in [0.2, 0.25) is 0 Å². The highest BCUT2D eigenvalue weighted by Crippen LogP contribution is 2.05. The molecule has 0 spiro atoms. The quantitative estimate of drug-likeness (QED) is 0.419. The van der Waals surface area contributed by atoms with E-state index in [0.29, 0.717) is 0 Å². The van der Waals surface area contributed by atoms with Crippen LogP contribution in [-0.2, 0) is 6.54 Å². The summed E-state index contributed by atoms with van der Waals surface area (Å²) in [6.07, 6.45) is 1.04. The summed E-state index contributed by atoms with van der Waals surface area (Å²) >= 11 is 1.71. The molecule has 112 valence electrons. The van der Waals surface area contributed by atoms with Crippen LogP contribution in [0.25, 0.3) is 0 Å². The van der Waals surface area contributed by atoms with Crippen LogP contribution in [0.4, 0.5) is 5.69 Å². The topological polar surface area (TPSA) is 48.5 Å². The predicted molar refractivity (Wildman–Crippen MR) is 92.1 cm³/mol. The summed E-state index contributed by atoms with van der Waals surface area (Å²) in [6.45, 7) is 2.65. The molecule has 4 nitrogen and oxygen atoms in total. The van der Waals surface area contributed by atoms with Crippen molar-refractivity contribution in [3.63, 3.8) is 0 Å². The molecule has 0 fully saturated rings. The highest BCUT2D eigenvalue weighted by Gasteiger charge is 1.98. The molecule has 0 bridgehead atoms. The summed E-state index contributed by atoms with van der Waals surface area (Å²) in [6, 6.07) is 12.4. The van der Waals surface area contributed by atoms with E-state index in [1.165, 1.54) is 5.56 Å². The molecule has 0 saturated heterocycles. The van der Waals surface area contributed by atoms with E-state index < -0.39 is 0 Å². The molecular weight excluding hydrogens is 280 g/mol. The third kappa shape index (κ3) is 5.87. The van der Waals surface area contributed by atoms with Gasteiger partial charge in [0.25, 0.3) is 0 Å². The minimum atomic E-state index is 0.811. The molecule has 0 aliphatic rings. The molecule has 5 heteroatoms. The summed E-state index contributed by atoms with van der Waals surface area (Å²) in [5, 5.41) is 14.2. The normalized spacial score (nSPS) is 11.2. The van der Waals surface area contributed by atoms with Crippen LogP contribution in [0.1, 0.15) is 12.0 Å². The van der Waals surface area contributed by atoms with Gasteiger partial charge in [-0.25, -0.2) is 0 Å². The van der Waals surface area contributed by atoms with Gasteiger partial charge in [-0.2, -0.15) is 11.3 Å². The number of rotatable bonds is 7. The lowest BCUT2D eigenvalue weighted by molar-refractivity contribution is 0.763.